The molecule has 2 heteroatoms. The maximum Gasteiger partial charge on any atom is 0.0672 e. The van der Waals surface area contributed by atoms with Gasteiger partial charge in [0, 0.05) is 5.41 Å². The average molecular weight is 178 g/mol. The van der Waals surface area contributed by atoms with Crippen LogP contribution < -0.4 is 0 Å². The molecule has 1 heterocycles. The molecule has 13 heavy (non-hydrogen) atoms. The van der Waals surface area contributed by atoms with E-state index in [0.717, 1.165) is 22.8 Å². The van der Waals surface area contributed by atoms with Gasteiger partial charge in [0.25, 0.3) is 0 Å². The van der Waals surface area contributed by atoms with Crippen molar-refractivity contribution in [2.75, 3.05) is 0 Å². The minimum atomic E-state index is 0.0928. The van der Waals surface area contributed by atoms with Crippen LogP contribution in [-0.2, 0) is 5.41 Å². The first kappa shape index (κ1) is 10.2. The monoisotopic (exact) mass is 178 g/mol. The summed E-state index contributed by atoms with van der Waals surface area (Å²) in [6, 6.07) is 0. The zero-order valence-electron chi connectivity index (χ0n) is 9.39. The van der Waals surface area contributed by atoms with Gasteiger partial charge < -0.3 is 0 Å². The third kappa shape index (κ3) is 2.06. The van der Waals surface area contributed by atoms with Crippen molar-refractivity contribution >= 4 is 0 Å². The lowest BCUT2D eigenvalue weighted by Gasteiger charge is -2.20. The Morgan fingerprint density at radius 1 is 0.769 bits per heavy atom. The van der Waals surface area contributed by atoms with E-state index < -0.39 is 0 Å². The van der Waals surface area contributed by atoms with Gasteiger partial charge in [0.1, 0.15) is 0 Å². The summed E-state index contributed by atoms with van der Waals surface area (Å²) in [6.07, 6.45) is 0. The van der Waals surface area contributed by atoms with E-state index in [-0.39, 0.29) is 5.41 Å². The smallest absolute Gasteiger partial charge is 0.0672 e. The van der Waals surface area contributed by atoms with Crippen LogP contribution in [0.2, 0.25) is 0 Å². The van der Waals surface area contributed by atoms with E-state index >= 15 is 0 Å². The maximum atomic E-state index is 4.58. The summed E-state index contributed by atoms with van der Waals surface area (Å²) in [5, 5.41) is 0. The molecule has 1 aromatic rings. The number of aromatic nitrogens is 2. The largest absolute Gasteiger partial charge is 0.255 e. The van der Waals surface area contributed by atoms with E-state index in [1.54, 1.807) is 0 Å². The average Bonchev–Trinajstić information content (AvgIpc) is 1.94. The van der Waals surface area contributed by atoms with E-state index in [4.69, 9.17) is 0 Å². The van der Waals surface area contributed by atoms with E-state index in [0.29, 0.717) is 0 Å². The molecule has 0 bridgehead atoms. The van der Waals surface area contributed by atoms with Gasteiger partial charge in [-0.15, -0.1) is 0 Å². The molecule has 0 aliphatic heterocycles. The molecular weight excluding hydrogens is 160 g/mol. The molecule has 0 spiro atoms. The van der Waals surface area contributed by atoms with Gasteiger partial charge >= 0.3 is 0 Å². The van der Waals surface area contributed by atoms with Crippen LogP contribution in [0.25, 0.3) is 0 Å². The molecule has 0 N–H and O–H groups in total. The zero-order chi connectivity index (χ0) is 10.2. The third-order valence-corrected chi connectivity index (χ3v) is 2.19. The second-order valence-corrected chi connectivity index (χ2v) is 4.58. The Bertz CT molecular complexity index is 322. The Labute approximate surface area is 80.4 Å². The Morgan fingerprint density at radius 3 is 1.69 bits per heavy atom. The van der Waals surface area contributed by atoms with E-state index in [1.165, 1.54) is 0 Å². The molecule has 0 fully saturated rings. The summed E-state index contributed by atoms with van der Waals surface area (Å²) in [4.78, 5) is 9.06. The molecule has 72 valence electrons. The topological polar surface area (TPSA) is 25.8 Å². The highest BCUT2D eigenvalue weighted by Gasteiger charge is 2.19. The number of aryl methyl sites for hydroxylation is 3. The van der Waals surface area contributed by atoms with Gasteiger partial charge in [-0.2, -0.15) is 0 Å². The van der Waals surface area contributed by atoms with Crippen molar-refractivity contribution in [3.8, 4) is 0 Å². The molecule has 0 aromatic carbocycles. The molecule has 0 atom stereocenters. The van der Waals surface area contributed by atoms with Crippen LogP contribution in [0, 0.1) is 20.8 Å². The molecule has 0 amide bonds. The Hall–Kier alpha value is -0.920. The molecule has 1 aromatic heterocycles. The summed E-state index contributed by atoms with van der Waals surface area (Å²) in [6.45, 7) is 12.5. The quantitative estimate of drug-likeness (QED) is 0.610. The SMILES string of the molecule is Cc1nc(C)c(C(C)(C)C)nc1C. The molecule has 0 aliphatic rings. The minimum absolute atomic E-state index is 0.0928. The van der Waals surface area contributed by atoms with Crippen molar-refractivity contribution in [2.45, 2.75) is 47.0 Å². The van der Waals surface area contributed by atoms with Crippen LogP contribution in [0.1, 0.15) is 43.5 Å². The zero-order valence-corrected chi connectivity index (χ0v) is 9.39. The summed E-state index contributed by atoms with van der Waals surface area (Å²) in [5.41, 5.74) is 4.32. The highest BCUT2D eigenvalue weighted by Crippen LogP contribution is 2.23. The molecule has 2 nitrogen and oxygen atoms in total. The van der Waals surface area contributed by atoms with Crippen LogP contribution in [0.15, 0.2) is 0 Å². The molecule has 0 saturated carbocycles. The van der Waals surface area contributed by atoms with Gasteiger partial charge in [0.2, 0.25) is 0 Å². The van der Waals surface area contributed by atoms with Crippen molar-refractivity contribution in [1.29, 1.82) is 0 Å². The molecule has 0 unspecified atom stereocenters. The Kier molecular flexibility index (Phi) is 2.42. The van der Waals surface area contributed by atoms with Crippen molar-refractivity contribution in [3.63, 3.8) is 0 Å². The van der Waals surface area contributed by atoms with Gasteiger partial charge in [0.05, 0.1) is 22.8 Å². The molecule has 0 aliphatic carbocycles. The highest BCUT2D eigenvalue weighted by atomic mass is 14.8. The Morgan fingerprint density at radius 2 is 1.23 bits per heavy atom. The predicted octanol–water partition coefficient (Wildman–Crippen LogP) is 2.70. The summed E-state index contributed by atoms with van der Waals surface area (Å²) in [7, 11) is 0. The van der Waals surface area contributed by atoms with Crippen LogP contribution in [0.4, 0.5) is 0 Å². The molecule has 1 rings (SSSR count). The number of hydrogen-bond acceptors (Lipinski definition) is 2. The first-order valence-electron chi connectivity index (χ1n) is 4.64. The lowest BCUT2D eigenvalue weighted by atomic mass is 9.90. The molecule has 0 radical (unpaired) electrons. The first-order chi connectivity index (χ1) is 5.82. The van der Waals surface area contributed by atoms with Crippen molar-refractivity contribution in [1.82, 2.24) is 9.97 Å². The van der Waals surface area contributed by atoms with Gasteiger partial charge in [0.15, 0.2) is 0 Å². The number of hydrogen-bond donors (Lipinski definition) is 0. The fourth-order valence-electron chi connectivity index (χ4n) is 1.43. The van der Waals surface area contributed by atoms with Crippen molar-refractivity contribution in [3.05, 3.63) is 22.8 Å². The van der Waals surface area contributed by atoms with Gasteiger partial charge in [-0.1, -0.05) is 20.8 Å². The molecule has 0 saturated heterocycles. The van der Waals surface area contributed by atoms with E-state index in [1.807, 2.05) is 20.8 Å². The van der Waals surface area contributed by atoms with Gasteiger partial charge in [-0.25, -0.2) is 0 Å². The second-order valence-electron chi connectivity index (χ2n) is 4.58. The van der Waals surface area contributed by atoms with Crippen LogP contribution >= 0.6 is 0 Å². The van der Waals surface area contributed by atoms with Crippen LogP contribution in [0.5, 0.6) is 0 Å². The summed E-state index contributed by atoms with van der Waals surface area (Å²) < 4.78 is 0. The van der Waals surface area contributed by atoms with Crippen molar-refractivity contribution in [2.24, 2.45) is 0 Å². The third-order valence-electron chi connectivity index (χ3n) is 2.19. The number of rotatable bonds is 0. The fraction of sp³-hybridized carbons (Fsp3) is 0.636. The van der Waals surface area contributed by atoms with E-state index in [9.17, 15) is 0 Å². The van der Waals surface area contributed by atoms with Gasteiger partial charge in [-0.3, -0.25) is 9.97 Å². The lowest BCUT2D eigenvalue weighted by Crippen LogP contribution is -2.17. The summed E-state index contributed by atoms with van der Waals surface area (Å²) >= 11 is 0. The van der Waals surface area contributed by atoms with Gasteiger partial charge in [-0.05, 0) is 20.8 Å². The van der Waals surface area contributed by atoms with Crippen molar-refractivity contribution < 1.29 is 0 Å². The fourth-order valence-corrected chi connectivity index (χ4v) is 1.43. The van der Waals surface area contributed by atoms with Crippen LogP contribution in [0.3, 0.4) is 0 Å². The first-order valence-corrected chi connectivity index (χ1v) is 4.64. The molecular formula is C11H18N2. The Balaban J connectivity index is 3.32. The predicted molar refractivity (Wildman–Crippen MR) is 54.9 cm³/mol. The summed E-state index contributed by atoms with van der Waals surface area (Å²) in [5.74, 6) is 0. The maximum absolute atomic E-state index is 4.58. The standard InChI is InChI=1S/C11H18N2/c1-7-8(2)13-10(9(3)12-7)11(4,5)6/h1-6H3. The normalized spacial score (nSPS) is 11.8. The lowest BCUT2D eigenvalue weighted by molar-refractivity contribution is 0.556. The van der Waals surface area contributed by atoms with E-state index in [2.05, 4.69) is 30.7 Å². The number of nitrogens with zero attached hydrogens (tertiary/aromatic N) is 2. The highest BCUT2D eigenvalue weighted by molar-refractivity contribution is 5.23. The minimum Gasteiger partial charge on any atom is -0.255 e. The van der Waals surface area contributed by atoms with Crippen LogP contribution in [-0.4, -0.2) is 9.97 Å². The second kappa shape index (κ2) is 3.09.